The number of aromatic nitrogens is 3. The molecule has 0 fully saturated rings. The van der Waals surface area contributed by atoms with E-state index in [1.165, 1.54) is 17.8 Å². The van der Waals surface area contributed by atoms with Gasteiger partial charge >= 0.3 is 0 Å². The predicted octanol–water partition coefficient (Wildman–Crippen LogP) is 1.67. The minimum absolute atomic E-state index is 0.199. The first-order chi connectivity index (χ1) is 10.1. The summed E-state index contributed by atoms with van der Waals surface area (Å²) in [6.45, 7) is 1.98. The number of benzene rings is 1. The number of thioether (sulfide) groups is 1. The molecule has 1 aliphatic rings. The molecule has 0 saturated heterocycles. The summed E-state index contributed by atoms with van der Waals surface area (Å²) in [5.74, 6) is 1.53. The van der Waals surface area contributed by atoms with E-state index in [9.17, 15) is 8.42 Å². The van der Waals surface area contributed by atoms with Crippen molar-refractivity contribution >= 4 is 33.3 Å². The lowest BCUT2D eigenvalue weighted by molar-refractivity contribution is 0.598. The second-order valence-electron chi connectivity index (χ2n) is 4.34. The molecule has 21 heavy (non-hydrogen) atoms. The fourth-order valence-electron chi connectivity index (χ4n) is 1.86. The van der Waals surface area contributed by atoms with Crippen molar-refractivity contribution in [2.45, 2.75) is 23.4 Å². The molecule has 0 bridgehead atoms. The summed E-state index contributed by atoms with van der Waals surface area (Å²) in [6.07, 6.45) is 0.772. The van der Waals surface area contributed by atoms with Crippen LogP contribution in [-0.2, 0) is 16.4 Å². The minimum Gasteiger partial charge on any atom is -0.341 e. The van der Waals surface area contributed by atoms with Gasteiger partial charge < -0.3 is 5.32 Å². The van der Waals surface area contributed by atoms with Crippen LogP contribution in [0.1, 0.15) is 12.7 Å². The van der Waals surface area contributed by atoms with Gasteiger partial charge in [-0.2, -0.15) is 8.42 Å². The lowest BCUT2D eigenvalue weighted by Gasteiger charge is -2.17. The van der Waals surface area contributed by atoms with Crippen LogP contribution in [0.15, 0.2) is 38.7 Å². The molecule has 110 valence electrons. The van der Waals surface area contributed by atoms with Crippen molar-refractivity contribution in [2.75, 3.05) is 11.1 Å². The van der Waals surface area contributed by atoms with Gasteiger partial charge in [-0.25, -0.2) is 4.98 Å². The van der Waals surface area contributed by atoms with E-state index in [1.807, 2.05) is 6.92 Å². The van der Waals surface area contributed by atoms with Crippen molar-refractivity contribution in [1.29, 1.82) is 0 Å². The summed E-state index contributed by atoms with van der Waals surface area (Å²) in [5, 5.41) is 10.5. The van der Waals surface area contributed by atoms with Gasteiger partial charge in [0.1, 0.15) is 16.6 Å². The molecular formula is C12H13N5O2S2. The van der Waals surface area contributed by atoms with Gasteiger partial charge in [-0.1, -0.05) is 30.8 Å². The number of nitrogens with zero attached hydrogens (tertiary/aromatic N) is 3. The summed E-state index contributed by atoms with van der Waals surface area (Å²) in [6, 6.07) is 6.70. The summed E-state index contributed by atoms with van der Waals surface area (Å²) >= 11 is 1.33. The molecule has 1 aliphatic heterocycles. The Hall–Kier alpha value is -1.87. The van der Waals surface area contributed by atoms with Gasteiger partial charge in [-0.05, 0) is 12.1 Å². The number of sulfonamides is 1. The zero-order valence-electron chi connectivity index (χ0n) is 11.2. The lowest BCUT2D eigenvalue weighted by atomic mass is 10.3. The maximum atomic E-state index is 12.1. The molecule has 9 heteroatoms. The topological polar surface area (TPSA) is 100 Å². The Morgan fingerprint density at radius 3 is 2.86 bits per heavy atom. The van der Waals surface area contributed by atoms with Crippen LogP contribution >= 0.6 is 11.8 Å². The molecule has 2 N–H and O–H groups in total. The first-order valence-electron chi connectivity index (χ1n) is 6.32. The molecule has 0 aliphatic carbocycles. The van der Waals surface area contributed by atoms with Crippen molar-refractivity contribution in [3.8, 4) is 0 Å². The van der Waals surface area contributed by atoms with E-state index in [1.54, 1.807) is 18.2 Å². The van der Waals surface area contributed by atoms with Gasteiger partial charge in [-0.15, -0.1) is 9.50 Å². The van der Waals surface area contributed by atoms with Crippen LogP contribution in [0.4, 0.5) is 5.69 Å². The third-order valence-electron chi connectivity index (χ3n) is 2.86. The highest BCUT2D eigenvalue weighted by Gasteiger charge is 2.24. The number of nitrogens with one attached hydrogen (secondary N) is 2. The SMILES string of the molecule is CCc1nc(SCC2=NS(=O)(=O)c3ccccc3N2)n[nH]1. The van der Waals surface area contributed by atoms with Gasteiger partial charge in [-0.3, -0.25) is 5.10 Å². The highest BCUT2D eigenvalue weighted by Crippen LogP contribution is 2.27. The zero-order valence-corrected chi connectivity index (χ0v) is 12.8. The summed E-state index contributed by atoms with van der Waals surface area (Å²) in [7, 11) is -3.63. The van der Waals surface area contributed by atoms with E-state index < -0.39 is 10.0 Å². The van der Waals surface area contributed by atoms with Crippen LogP contribution < -0.4 is 5.32 Å². The Kier molecular flexibility index (Phi) is 3.68. The molecule has 0 amide bonds. The number of H-pyrrole nitrogens is 1. The maximum absolute atomic E-state index is 12.1. The monoisotopic (exact) mass is 323 g/mol. The van der Waals surface area contributed by atoms with Crippen molar-refractivity contribution in [3.63, 3.8) is 0 Å². The molecule has 1 aromatic heterocycles. The number of aromatic amines is 1. The highest BCUT2D eigenvalue weighted by molar-refractivity contribution is 8.00. The fraction of sp³-hybridized carbons (Fsp3) is 0.250. The Morgan fingerprint density at radius 1 is 1.29 bits per heavy atom. The molecule has 0 spiro atoms. The van der Waals surface area contributed by atoms with E-state index in [4.69, 9.17) is 0 Å². The quantitative estimate of drug-likeness (QED) is 0.830. The number of anilines is 1. The number of rotatable bonds is 4. The number of fused-ring (bicyclic) bond motifs is 1. The first-order valence-corrected chi connectivity index (χ1v) is 8.75. The number of aryl methyl sites for hydroxylation is 1. The molecular weight excluding hydrogens is 310 g/mol. The highest BCUT2D eigenvalue weighted by atomic mass is 32.2. The van der Waals surface area contributed by atoms with Crippen LogP contribution in [0.25, 0.3) is 0 Å². The molecule has 1 aromatic carbocycles. The second-order valence-corrected chi connectivity index (χ2v) is 6.86. The Labute approximate surface area is 126 Å². The average molecular weight is 323 g/mol. The first kappa shape index (κ1) is 14.1. The molecule has 7 nitrogen and oxygen atoms in total. The molecule has 3 rings (SSSR count). The van der Waals surface area contributed by atoms with E-state index >= 15 is 0 Å². The van der Waals surface area contributed by atoms with E-state index in [0.717, 1.165) is 12.2 Å². The average Bonchev–Trinajstić information content (AvgIpc) is 2.92. The largest absolute Gasteiger partial charge is 0.341 e. The third kappa shape index (κ3) is 2.93. The second kappa shape index (κ2) is 5.49. The predicted molar refractivity (Wildman–Crippen MR) is 81.2 cm³/mol. The van der Waals surface area contributed by atoms with E-state index in [0.29, 0.717) is 22.4 Å². The molecule has 0 unspecified atom stereocenters. The summed E-state index contributed by atoms with van der Waals surface area (Å²) in [4.78, 5) is 4.46. The van der Waals surface area contributed by atoms with Crippen LogP contribution in [0.5, 0.6) is 0 Å². The number of hydrogen-bond acceptors (Lipinski definition) is 6. The van der Waals surface area contributed by atoms with Crippen molar-refractivity contribution < 1.29 is 8.42 Å². The van der Waals surface area contributed by atoms with Crippen molar-refractivity contribution in [3.05, 3.63) is 30.1 Å². The van der Waals surface area contributed by atoms with E-state index in [-0.39, 0.29) is 4.90 Å². The van der Waals surface area contributed by atoms with Gasteiger partial charge in [0, 0.05) is 6.42 Å². The number of amidine groups is 1. The van der Waals surface area contributed by atoms with Crippen LogP contribution in [-0.4, -0.2) is 35.2 Å². The normalized spacial score (nSPS) is 16.0. The number of hydrogen-bond donors (Lipinski definition) is 2. The Bertz CT molecular complexity index is 797. The maximum Gasteiger partial charge on any atom is 0.286 e. The summed E-state index contributed by atoms with van der Waals surface area (Å²) in [5.41, 5.74) is 0.548. The van der Waals surface area contributed by atoms with Gasteiger partial charge in [0.25, 0.3) is 10.0 Å². The molecule has 0 atom stereocenters. The van der Waals surface area contributed by atoms with E-state index in [2.05, 4.69) is 24.9 Å². The molecule has 2 heterocycles. The molecule has 2 aromatic rings. The summed E-state index contributed by atoms with van der Waals surface area (Å²) < 4.78 is 27.9. The van der Waals surface area contributed by atoms with Crippen LogP contribution in [0.3, 0.4) is 0 Å². The molecule has 0 radical (unpaired) electrons. The third-order valence-corrected chi connectivity index (χ3v) is 5.09. The minimum atomic E-state index is -3.63. The zero-order chi connectivity index (χ0) is 14.9. The van der Waals surface area contributed by atoms with Crippen LogP contribution in [0, 0.1) is 0 Å². The lowest BCUT2D eigenvalue weighted by Crippen LogP contribution is -2.23. The number of para-hydroxylation sites is 1. The van der Waals surface area contributed by atoms with Gasteiger partial charge in [0.2, 0.25) is 5.16 Å². The van der Waals surface area contributed by atoms with Gasteiger partial charge in [0.05, 0.1) is 11.4 Å². The van der Waals surface area contributed by atoms with Crippen molar-refractivity contribution in [1.82, 2.24) is 15.2 Å². The Morgan fingerprint density at radius 2 is 2.10 bits per heavy atom. The van der Waals surface area contributed by atoms with Crippen LogP contribution in [0.2, 0.25) is 0 Å². The Balaban J connectivity index is 1.77. The smallest absolute Gasteiger partial charge is 0.286 e. The van der Waals surface area contributed by atoms with Crippen molar-refractivity contribution in [2.24, 2.45) is 4.40 Å². The van der Waals surface area contributed by atoms with Gasteiger partial charge in [0.15, 0.2) is 0 Å². The molecule has 0 saturated carbocycles. The standard InChI is InChI=1S/C12H13N5O2S2/c1-2-10-14-12(16-15-10)20-7-11-13-8-5-3-4-6-9(8)21(18,19)17-11/h3-6H,2,7H2,1H3,(H,13,17)(H,14,15,16). The fourth-order valence-corrected chi connectivity index (χ4v) is 3.78.